The van der Waals surface area contributed by atoms with E-state index in [0.717, 1.165) is 13.0 Å². The highest BCUT2D eigenvalue weighted by molar-refractivity contribution is 5.74. The smallest absolute Gasteiger partial charge is 0.220 e. The number of hydrogen-bond donors (Lipinski definition) is 0. The molecule has 1 amide bonds. The van der Waals surface area contributed by atoms with Gasteiger partial charge in [-0.05, 0) is 31.6 Å². The first-order valence-corrected chi connectivity index (χ1v) is 7.14. The summed E-state index contributed by atoms with van der Waals surface area (Å²) >= 11 is 0. The van der Waals surface area contributed by atoms with Gasteiger partial charge in [0.2, 0.25) is 5.91 Å². The highest BCUT2D eigenvalue weighted by Gasteiger charge is 2.27. The Kier molecular flexibility index (Phi) is 5.15. The zero-order valence-corrected chi connectivity index (χ0v) is 12.6. The molecule has 0 fully saturated rings. The minimum Gasteiger partial charge on any atom is -0.378 e. The van der Waals surface area contributed by atoms with Gasteiger partial charge in [0.15, 0.2) is 0 Å². The molecule has 0 radical (unpaired) electrons. The highest BCUT2D eigenvalue weighted by Crippen LogP contribution is 2.23. The van der Waals surface area contributed by atoms with Crippen molar-refractivity contribution >= 4 is 5.91 Å². The number of amides is 1. The van der Waals surface area contributed by atoms with Crippen LogP contribution < -0.4 is 0 Å². The van der Waals surface area contributed by atoms with E-state index in [1.54, 1.807) is 6.92 Å². The zero-order chi connectivity index (χ0) is 14.5. The van der Waals surface area contributed by atoms with Gasteiger partial charge >= 0.3 is 0 Å². The molecule has 1 aliphatic heterocycles. The fraction of sp³-hybridized carbons (Fsp3) is 0.562. The molecule has 0 aliphatic carbocycles. The van der Waals surface area contributed by atoms with E-state index in [1.165, 1.54) is 11.1 Å². The normalized spacial score (nSPS) is 18.2. The quantitative estimate of drug-likeness (QED) is 0.765. The number of likely N-dealkylation sites (N-methyl/N-ethyl adjacent to an activating group) is 1. The molecule has 4 heteroatoms. The van der Waals surface area contributed by atoms with Crippen LogP contribution in [0.5, 0.6) is 0 Å². The van der Waals surface area contributed by atoms with E-state index in [1.807, 2.05) is 25.1 Å². The van der Waals surface area contributed by atoms with Crippen molar-refractivity contribution in [1.82, 2.24) is 9.80 Å². The number of hydrogen-bond acceptors (Lipinski definition) is 3. The Morgan fingerprint density at radius 2 is 2.05 bits per heavy atom. The van der Waals surface area contributed by atoms with Crippen LogP contribution in [0, 0.1) is 0 Å². The van der Waals surface area contributed by atoms with Crippen LogP contribution in [0.15, 0.2) is 24.3 Å². The molecule has 0 N–H and O–H groups in total. The SMILES string of the molecule is CC(=O)N1Cc2ccccc2C[C@H]1COCCN(C)C. The fourth-order valence-electron chi connectivity index (χ4n) is 2.57. The molecule has 1 aromatic rings. The molecular weight excluding hydrogens is 252 g/mol. The van der Waals surface area contributed by atoms with Crippen molar-refractivity contribution < 1.29 is 9.53 Å². The van der Waals surface area contributed by atoms with Crippen LogP contribution in [0.3, 0.4) is 0 Å². The molecule has 1 aliphatic rings. The first-order chi connectivity index (χ1) is 9.58. The largest absolute Gasteiger partial charge is 0.378 e. The standard InChI is InChI=1S/C16H24N2O2/c1-13(19)18-11-15-7-5-4-6-14(15)10-16(18)12-20-9-8-17(2)3/h4-7,16H,8-12H2,1-3H3/t16-/m0/s1. The van der Waals surface area contributed by atoms with Crippen molar-refractivity contribution in [1.29, 1.82) is 0 Å². The molecule has 4 nitrogen and oxygen atoms in total. The Labute approximate surface area is 121 Å². The highest BCUT2D eigenvalue weighted by atomic mass is 16.5. The second-order valence-corrected chi connectivity index (χ2v) is 5.65. The molecule has 110 valence electrons. The summed E-state index contributed by atoms with van der Waals surface area (Å²) in [6.45, 7) is 4.57. The number of rotatable bonds is 5. The van der Waals surface area contributed by atoms with E-state index in [-0.39, 0.29) is 11.9 Å². The van der Waals surface area contributed by atoms with Crippen molar-refractivity contribution in [2.45, 2.75) is 25.9 Å². The maximum absolute atomic E-state index is 11.8. The van der Waals surface area contributed by atoms with Gasteiger partial charge in [0.05, 0.1) is 19.3 Å². The summed E-state index contributed by atoms with van der Waals surface area (Å²) in [6, 6.07) is 8.51. The molecule has 1 aromatic carbocycles. The van der Waals surface area contributed by atoms with Crippen LogP contribution in [0.2, 0.25) is 0 Å². The third-order valence-electron chi connectivity index (χ3n) is 3.75. The van der Waals surface area contributed by atoms with Crippen molar-refractivity contribution in [3.8, 4) is 0 Å². The molecule has 0 unspecified atom stereocenters. The summed E-state index contributed by atoms with van der Waals surface area (Å²) in [7, 11) is 4.06. The second kappa shape index (κ2) is 6.86. The first-order valence-electron chi connectivity index (χ1n) is 7.14. The zero-order valence-electron chi connectivity index (χ0n) is 12.6. The summed E-state index contributed by atoms with van der Waals surface area (Å²) in [5.41, 5.74) is 2.60. The number of fused-ring (bicyclic) bond motifs is 1. The van der Waals surface area contributed by atoms with Crippen LogP contribution in [-0.2, 0) is 22.5 Å². The predicted octanol–water partition coefficient (Wildman–Crippen LogP) is 1.54. The van der Waals surface area contributed by atoms with Crippen molar-refractivity contribution in [2.24, 2.45) is 0 Å². The Hall–Kier alpha value is -1.39. The minimum absolute atomic E-state index is 0.126. The molecule has 2 rings (SSSR count). The van der Waals surface area contributed by atoms with E-state index in [0.29, 0.717) is 19.8 Å². The average Bonchev–Trinajstić information content (AvgIpc) is 2.42. The van der Waals surface area contributed by atoms with Crippen molar-refractivity contribution in [3.63, 3.8) is 0 Å². The third-order valence-corrected chi connectivity index (χ3v) is 3.75. The molecular formula is C16H24N2O2. The Bertz CT molecular complexity index is 460. The summed E-state index contributed by atoms with van der Waals surface area (Å²) in [4.78, 5) is 15.8. The van der Waals surface area contributed by atoms with E-state index in [9.17, 15) is 4.79 Å². The minimum atomic E-state index is 0.126. The van der Waals surface area contributed by atoms with Crippen LogP contribution in [0.25, 0.3) is 0 Å². The molecule has 1 heterocycles. The maximum Gasteiger partial charge on any atom is 0.220 e. The Balaban J connectivity index is 1.97. The molecule has 0 saturated carbocycles. The van der Waals surface area contributed by atoms with E-state index < -0.39 is 0 Å². The second-order valence-electron chi connectivity index (χ2n) is 5.65. The lowest BCUT2D eigenvalue weighted by atomic mass is 9.94. The monoisotopic (exact) mass is 276 g/mol. The average molecular weight is 276 g/mol. The topological polar surface area (TPSA) is 32.8 Å². The van der Waals surface area contributed by atoms with Crippen molar-refractivity contribution in [3.05, 3.63) is 35.4 Å². The molecule has 0 saturated heterocycles. The van der Waals surface area contributed by atoms with Gasteiger partial charge in [-0.2, -0.15) is 0 Å². The maximum atomic E-state index is 11.8. The lowest BCUT2D eigenvalue weighted by Crippen LogP contribution is -2.46. The van der Waals surface area contributed by atoms with Gasteiger partial charge in [0.1, 0.15) is 0 Å². The summed E-state index contributed by atoms with van der Waals surface area (Å²) < 4.78 is 5.74. The van der Waals surface area contributed by atoms with Crippen LogP contribution in [0.4, 0.5) is 0 Å². The number of ether oxygens (including phenoxy) is 1. The third kappa shape index (κ3) is 3.81. The van der Waals surface area contributed by atoms with Gasteiger partial charge in [-0.1, -0.05) is 24.3 Å². The van der Waals surface area contributed by atoms with Crippen molar-refractivity contribution in [2.75, 3.05) is 33.9 Å². The Morgan fingerprint density at radius 3 is 2.70 bits per heavy atom. The molecule has 0 aromatic heterocycles. The van der Waals surface area contributed by atoms with Crippen LogP contribution in [0.1, 0.15) is 18.1 Å². The van der Waals surface area contributed by atoms with E-state index >= 15 is 0 Å². The van der Waals surface area contributed by atoms with Gasteiger partial charge < -0.3 is 14.5 Å². The van der Waals surface area contributed by atoms with Crippen LogP contribution in [-0.4, -0.2) is 55.6 Å². The van der Waals surface area contributed by atoms with E-state index in [4.69, 9.17) is 4.74 Å². The molecule has 0 spiro atoms. The number of carbonyl (C=O) groups excluding carboxylic acids is 1. The van der Waals surface area contributed by atoms with Gasteiger partial charge in [0.25, 0.3) is 0 Å². The predicted molar refractivity (Wildman–Crippen MR) is 79.5 cm³/mol. The van der Waals surface area contributed by atoms with Gasteiger partial charge in [-0.15, -0.1) is 0 Å². The number of carbonyl (C=O) groups is 1. The lowest BCUT2D eigenvalue weighted by molar-refractivity contribution is -0.133. The fourth-order valence-corrected chi connectivity index (χ4v) is 2.57. The summed E-state index contributed by atoms with van der Waals surface area (Å²) in [6.07, 6.45) is 0.887. The van der Waals surface area contributed by atoms with Crippen LogP contribution >= 0.6 is 0 Å². The summed E-state index contributed by atoms with van der Waals surface area (Å²) in [5, 5.41) is 0. The summed E-state index contributed by atoms with van der Waals surface area (Å²) in [5.74, 6) is 0.126. The molecule has 20 heavy (non-hydrogen) atoms. The molecule has 0 bridgehead atoms. The number of benzene rings is 1. The van der Waals surface area contributed by atoms with Gasteiger partial charge in [0, 0.05) is 20.0 Å². The first kappa shape index (κ1) is 15.0. The molecule has 1 atom stereocenters. The van der Waals surface area contributed by atoms with E-state index in [2.05, 4.69) is 23.1 Å². The lowest BCUT2D eigenvalue weighted by Gasteiger charge is -2.36. The number of nitrogens with zero attached hydrogens (tertiary/aromatic N) is 2. The van der Waals surface area contributed by atoms with Gasteiger partial charge in [-0.3, -0.25) is 4.79 Å². The van der Waals surface area contributed by atoms with Gasteiger partial charge in [-0.25, -0.2) is 0 Å². The Morgan fingerprint density at radius 1 is 1.35 bits per heavy atom.